The van der Waals surface area contributed by atoms with Crippen LogP contribution in [0.4, 0.5) is 4.79 Å². The quantitative estimate of drug-likeness (QED) is 0.625. The molecule has 32 heavy (non-hydrogen) atoms. The van der Waals surface area contributed by atoms with Crippen molar-refractivity contribution < 1.29 is 19.4 Å². The second-order valence-corrected chi connectivity index (χ2v) is 8.72. The highest BCUT2D eigenvalue weighted by atomic mass is 16.6. The number of ether oxygens (including phenoxy) is 1. The number of fused-ring (bicyclic) bond motifs is 3. The highest BCUT2D eigenvalue weighted by Crippen LogP contribution is 2.44. The molecule has 1 saturated heterocycles. The summed E-state index contributed by atoms with van der Waals surface area (Å²) in [5.41, 5.74) is 4.66. The summed E-state index contributed by atoms with van der Waals surface area (Å²) in [7, 11) is 0. The molecule has 162 valence electrons. The van der Waals surface area contributed by atoms with Crippen LogP contribution in [0.3, 0.4) is 0 Å². The van der Waals surface area contributed by atoms with Gasteiger partial charge in [0.25, 0.3) is 0 Å². The van der Waals surface area contributed by atoms with Crippen molar-refractivity contribution >= 4 is 12.1 Å². The van der Waals surface area contributed by atoms with Crippen LogP contribution < -0.4 is 0 Å². The van der Waals surface area contributed by atoms with E-state index in [9.17, 15) is 14.7 Å². The SMILES string of the molecule is O=C(OCC1c2ccccc2-c2ccccc21)N1CCC(Cc2ccccc2)(C(=O)O)C1. The van der Waals surface area contributed by atoms with Crippen molar-refractivity contribution in [3.8, 4) is 11.1 Å². The maximum absolute atomic E-state index is 12.9. The molecule has 0 bridgehead atoms. The zero-order chi connectivity index (χ0) is 22.1. The van der Waals surface area contributed by atoms with Crippen LogP contribution in [0.2, 0.25) is 0 Å². The molecular weight excluding hydrogens is 402 g/mol. The summed E-state index contributed by atoms with van der Waals surface area (Å²) in [5.74, 6) is -0.877. The van der Waals surface area contributed by atoms with E-state index < -0.39 is 17.5 Å². The van der Waals surface area contributed by atoms with E-state index in [-0.39, 0.29) is 19.1 Å². The van der Waals surface area contributed by atoms with Crippen molar-refractivity contribution in [3.63, 3.8) is 0 Å². The van der Waals surface area contributed by atoms with Gasteiger partial charge >= 0.3 is 12.1 Å². The summed E-state index contributed by atoms with van der Waals surface area (Å²) in [5, 5.41) is 9.97. The van der Waals surface area contributed by atoms with Gasteiger partial charge in [0.15, 0.2) is 0 Å². The monoisotopic (exact) mass is 427 g/mol. The maximum atomic E-state index is 12.9. The highest BCUT2D eigenvalue weighted by Gasteiger charge is 2.46. The van der Waals surface area contributed by atoms with Gasteiger partial charge in [-0.25, -0.2) is 4.79 Å². The first-order chi connectivity index (χ1) is 15.6. The van der Waals surface area contributed by atoms with E-state index in [2.05, 4.69) is 24.3 Å². The number of amides is 1. The third-order valence-corrected chi connectivity index (χ3v) is 6.79. The predicted octanol–water partition coefficient (Wildman–Crippen LogP) is 4.95. The highest BCUT2D eigenvalue weighted by molar-refractivity contribution is 5.80. The van der Waals surface area contributed by atoms with Gasteiger partial charge in [-0.05, 0) is 40.7 Å². The lowest BCUT2D eigenvalue weighted by molar-refractivity contribution is -0.148. The molecule has 1 aliphatic carbocycles. The smallest absolute Gasteiger partial charge is 0.409 e. The Hall–Kier alpha value is -3.60. The third kappa shape index (κ3) is 3.54. The number of carboxylic acid groups (broad SMARTS) is 1. The topological polar surface area (TPSA) is 66.8 Å². The van der Waals surface area contributed by atoms with Crippen molar-refractivity contribution in [2.45, 2.75) is 18.8 Å². The number of benzene rings is 3. The molecule has 1 amide bonds. The van der Waals surface area contributed by atoms with E-state index >= 15 is 0 Å². The molecule has 5 heteroatoms. The Kier molecular flexibility index (Phi) is 5.17. The van der Waals surface area contributed by atoms with Crippen molar-refractivity contribution in [3.05, 3.63) is 95.6 Å². The molecule has 2 aliphatic rings. The maximum Gasteiger partial charge on any atom is 0.409 e. The van der Waals surface area contributed by atoms with E-state index in [4.69, 9.17) is 4.74 Å². The molecule has 0 spiro atoms. The average Bonchev–Trinajstić information content (AvgIpc) is 3.39. The zero-order valence-electron chi connectivity index (χ0n) is 17.7. The summed E-state index contributed by atoms with van der Waals surface area (Å²) in [6, 6.07) is 26.0. The number of rotatable bonds is 5. The molecular formula is C27H25NO4. The number of hydrogen-bond donors (Lipinski definition) is 1. The molecule has 1 aliphatic heterocycles. The van der Waals surface area contributed by atoms with Crippen LogP contribution in [0, 0.1) is 5.41 Å². The lowest BCUT2D eigenvalue weighted by Gasteiger charge is -2.25. The zero-order valence-corrected chi connectivity index (χ0v) is 17.7. The van der Waals surface area contributed by atoms with Crippen molar-refractivity contribution in [2.75, 3.05) is 19.7 Å². The molecule has 1 atom stereocenters. The van der Waals surface area contributed by atoms with Gasteiger partial charge in [0.05, 0.1) is 5.41 Å². The van der Waals surface area contributed by atoms with E-state index in [1.165, 1.54) is 11.1 Å². The molecule has 3 aromatic rings. The molecule has 0 radical (unpaired) electrons. The van der Waals surface area contributed by atoms with Gasteiger partial charge < -0.3 is 14.7 Å². The summed E-state index contributed by atoms with van der Waals surface area (Å²) in [4.78, 5) is 26.6. The van der Waals surface area contributed by atoms with E-state index in [1.54, 1.807) is 4.90 Å². The Labute approximate surface area is 187 Å². The van der Waals surface area contributed by atoms with Crippen LogP contribution in [0.5, 0.6) is 0 Å². The first-order valence-electron chi connectivity index (χ1n) is 10.9. The van der Waals surface area contributed by atoms with Crippen LogP contribution in [0.1, 0.15) is 29.0 Å². The van der Waals surface area contributed by atoms with Crippen LogP contribution in [-0.4, -0.2) is 41.8 Å². The number of likely N-dealkylation sites (tertiary alicyclic amines) is 1. The second-order valence-electron chi connectivity index (χ2n) is 8.72. The Morgan fingerprint density at radius 3 is 2.12 bits per heavy atom. The number of carbonyl (C=O) groups is 2. The fourth-order valence-electron chi connectivity index (χ4n) is 5.09. The molecule has 0 saturated carbocycles. The molecule has 3 aromatic carbocycles. The van der Waals surface area contributed by atoms with Crippen molar-refractivity contribution in [1.82, 2.24) is 4.90 Å². The minimum absolute atomic E-state index is 0.0116. The van der Waals surface area contributed by atoms with Gasteiger partial charge in [-0.1, -0.05) is 78.9 Å². The Bertz CT molecular complexity index is 1110. The number of carboxylic acids is 1. The van der Waals surface area contributed by atoms with Gasteiger partial charge in [-0.3, -0.25) is 4.79 Å². The molecule has 5 nitrogen and oxygen atoms in total. The first kappa shape index (κ1) is 20.3. The summed E-state index contributed by atoms with van der Waals surface area (Å²) < 4.78 is 5.74. The standard InChI is InChI=1S/C27H25NO4/c29-25(30)27(16-19-8-2-1-3-9-19)14-15-28(18-27)26(31)32-17-24-22-12-6-4-10-20(22)21-11-5-7-13-23(21)24/h1-13,24H,14-18H2,(H,29,30). The van der Waals surface area contributed by atoms with Crippen LogP contribution in [0.25, 0.3) is 11.1 Å². The molecule has 1 unspecified atom stereocenters. The summed E-state index contributed by atoms with van der Waals surface area (Å²) in [6.07, 6.45) is 0.376. The minimum atomic E-state index is -0.979. The molecule has 5 rings (SSSR count). The second kappa shape index (κ2) is 8.15. The first-order valence-corrected chi connectivity index (χ1v) is 10.9. The van der Waals surface area contributed by atoms with Gasteiger partial charge in [0.2, 0.25) is 0 Å². The Balaban J connectivity index is 1.29. The molecule has 1 fully saturated rings. The largest absolute Gasteiger partial charge is 0.481 e. The van der Waals surface area contributed by atoms with E-state index in [0.29, 0.717) is 19.4 Å². The number of aliphatic carboxylic acids is 1. The van der Waals surface area contributed by atoms with Crippen LogP contribution >= 0.6 is 0 Å². The molecule has 1 N–H and O–H groups in total. The molecule has 0 aromatic heterocycles. The predicted molar refractivity (Wildman–Crippen MR) is 121 cm³/mol. The molecule has 1 heterocycles. The van der Waals surface area contributed by atoms with Gasteiger partial charge in [-0.15, -0.1) is 0 Å². The average molecular weight is 428 g/mol. The Morgan fingerprint density at radius 2 is 1.50 bits per heavy atom. The summed E-state index contributed by atoms with van der Waals surface area (Å²) >= 11 is 0. The number of nitrogens with zero attached hydrogens (tertiary/aromatic N) is 1. The van der Waals surface area contributed by atoms with Crippen molar-refractivity contribution in [2.24, 2.45) is 5.41 Å². The lowest BCUT2D eigenvalue weighted by Crippen LogP contribution is -2.39. The van der Waals surface area contributed by atoms with Crippen molar-refractivity contribution in [1.29, 1.82) is 0 Å². The fraction of sp³-hybridized carbons (Fsp3) is 0.259. The van der Waals surface area contributed by atoms with Gasteiger partial charge in [-0.2, -0.15) is 0 Å². The summed E-state index contributed by atoms with van der Waals surface area (Å²) in [6.45, 7) is 0.784. The number of carbonyl (C=O) groups excluding carboxylic acids is 1. The van der Waals surface area contributed by atoms with Crippen LogP contribution in [-0.2, 0) is 16.0 Å². The Morgan fingerprint density at radius 1 is 0.906 bits per heavy atom. The fourth-order valence-corrected chi connectivity index (χ4v) is 5.09. The van der Waals surface area contributed by atoms with E-state index in [0.717, 1.165) is 16.7 Å². The van der Waals surface area contributed by atoms with E-state index in [1.807, 2.05) is 54.6 Å². The third-order valence-electron chi connectivity index (χ3n) is 6.79. The number of hydrogen-bond acceptors (Lipinski definition) is 3. The minimum Gasteiger partial charge on any atom is -0.481 e. The lowest BCUT2D eigenvalue weighted by atomic mass is 9.81. The van der Waals surface area contributed by atoms with Gasteiger partial charge in [0.1, 0.15) is 6.61 Å². The normalized spacial score (nSPS) is 19.4. The van der Waals surface area contributed by atoms with Gasteiger partial charge in [0, 0.05) is 19.0 Å². The van der Waals surface area contributed by atoms with Crippen LogP contribution in [0.15, 0.2) is 78.9 Å².